The number of hydrogen-bond donors (Lipinski definition) is 2. The van der Waals surface area contributed by atoms with Gasteiger partial charge in [-0.1, -0.05) is 20.8 Å². The van der Waals surface area contributed by atoms with E-state index in [2.05, 4.69) is 16.7 Å². The van der Waals surface area contributed by atoms with Crippen molar-refractivity contribution in [2.24, 2.45) is 5.41 Å². The molecule has 1 aromatic heterocycles. The first-order valence-electron chi connectivity index (χ1n) is 7.45. The number of rotatable bonds is 2. The topological polar surface area (TPSA) is 64.9 Å². The summed E-state index contributed by atoms with van der Waals surface area (Å²) in [6.45, 7) is 6.01. The number of fused-ring (bicyclic) bond motifs is 1. The number of carbonyl (C=O) groups excluding carboxylic acids is 1. The number of anilines is 1. The van der Waals surface area contributed by atoms with Crippen molar-refractivity contribution in [3.05, 3.63) is 16.0 Å². The Hall–Kier alpha value is -1.45. The third kappa shape index (κ3) is 4.28. The van der Waals surface area contributed by atoms with Crippen LogP contribution in [0.5, 0.6) is 0 Å². The van der Waals surface area contributed by atoms with Crippen molar-refractivity contribution in [2.75, 3.05) is 5.32 Å². The Morgan fingerprint density at radius 2 is 2.05 bits per heavy atom. The monoisotopic (exact) mass is 335 g/mol. The van der Waals surface area contributed by atoms with Gasteiger partial charge >= 0.3 is 0 Å². The van der Waals surface area contributed by atoms with Crippen molar-refractivity contribution in [3.63, 3.8) is 0 Å². The van der Waals surface area contributed by atoms with Gasteiger partial charge in [-0.25, -0.2) is 0 Å². The van der Waals surface area contributed by atoms with Gasteiger partial charge < -0.3 is 10.6 Å². The number of carbonyl (C=O) groups is 1. The molecule has 2 rings (SSSR count). The van der Waals surface area contributed by atoms with Gasteiger partial charge in [0.05, 0.1) is 5.56 Å². The molecule has 2 N–H and O–H groups in total. The van der Waals surface area contributed by atoms with Gasteiger partial charge in [0, 0.05) is 11.3 Å². The highest BCUT2D eigenvalue weighted by atomic mass is 32.1. The maximum absolute atomic E-state index is 11.9. The molecule has 0 aromatic carbocycles. The van der Waals surface area contributed by atoms with E-state index in [1.807, 2.05) is 20.8 Å². The standard InChI is InChI=1S/C16H21N3OS2/c1-16(2,3)8-13(20)18-15(21)19-14-11(9-17)10-6-4-5-7-12(10)22-14/h4-8H2,1-3H3,(H2,18,19,20,21). The smallest absolute Gasteiger partial charge is 0.226 e. The van der Waals surface area contributed by atoms with Gasteiger partial charge in [-0.05, 0) is 48.9 Å². The summed E-state index contributed by atoms with van der Waals surface area (Å²) in [5.41, 5.74) is 1.76. The molecule has 0 atom stereocenters. The lowest BCUT2D eigenvalue weighted by Crippen LogP contribution is -2.36. The molecule has 1 aliphatic carbocycles. The Morgan fingerprint density at radius 1 is 1.36 bits per heavy atom. The second kappa shape index (κ2) is 6.76. The molecule has 1 aromatic rings. The van der Waals surface area contributed by atoms with Crippen molar-refractivity contribution < 1.29 is 4.79 Å². The molecule has 0 bridgehead atoms. The minimum Gasteiger partial charge on any atom is -0.323 e. The number of nitrogens with zero attached hydrogens (tertiary/aromatic N) is 1. The minimum absolute atomic E-state index is 0.0838. The molecular formula is C16H21N3OS2. The fourth-order valence-electron chi connectivity index (χ4n) is 2.56. The van der Waals surface area contributed by atoms with Crippen LogP contribution in [-0.4, -0.2) is 11.0 Å². The van der Waals surface area contributed by atoms with Crippen LogP contribution in [0.25, 0.3) is 0 Å². The normalized spacial score (nSPS) is 13.9. The highest BCUT2D eigenvalue weighted by Crippen LogP contribution is 2.37. The first-order chi connectivity index (χ1) is 10.3. The van der Waals surface area contributed by atoms with Gasteiger partial charge in [0.2, 0.25) is 5.91 Å². The summed E-state index contributed by atoms with van der Waals surface area (Å²) in [6, 6.07) is 2.28. The zero-order valence-corrected chi connectivity index (χ0v) is 14.8. The molecule has 0 spiro atoms. The van der Waals surface area contributed by atoms with Crippen LogP contribution in [0.15, 0.2) is 0 Å². The summed E-state index contributed by atoms with van der Waals surface area (Å²) in [6.07, 6.45) is 4.69. The zero-order valence-electron chi connectivity index (χ0n) is 13.2. The van der Waals surface area contributed by atoms with Crippen molar-refractivity contribution in [2.45, 2.75) is 52.9 Å². The Balaban J connectivity index is 2.05. The van der Waals surface area contributed by atoms with Crippen LogP contribution in [0, 0.1) is 16.7 Å². The number of aryl methyl sites for hydroxylation is 1. The summed E-state index contributed by atoms with van der Waals surface area (Å²) < 4.78 is 0. The van der Waals surface area contributed by atoms with E-state index in [-0.39, 0.29) is 16.4 Å². The molecule has 1 aliphatic rings. The lowest BCUT2D eigenvalue weighted by atomic mass is 9.92. The van der Waals surface area contributed by atoms with E-state index in [0.29, 0.717) is 12.0 Å². The number of hydrogen-bond acceptors (Lipinski definition) is 4. The lowest BCUT2D eigenvalue weighted by Gasteiger charge is -2.17. The number of nitrogens with one attached hydrogen (secondary N) is 2. The van der Waals surface area contributed by atoms with Gasteiger partial charge in [0.1, 0.15) is 11.1 Å². The van der Waals surface area contributed by atoms with Crippen molar-refractivity contribution in [1.29, 1.82) is 5.26 Å². The fourth-order valence-corrected chi connectivity index (χ4v) is 4.08. The largest absolute Gasteiger partial charge is 0.323 e. The molecular weight excluding hydrogens is 314 g/mol. The number of nitriles is 1. The van der Waals surface area contributed by atoms with Gasteiger partial charge in [0.15, 0.2) is 5.11 Å². The van der Waals surface area contributed by atoms with Crippen molar-refractivity contribution in [3.8, 4) is 6.07 Å². The molecule has 0 saturated carbocycles. The average molecular weight is 335 g/mol. The summed E-state index contributed by atoms with van der Waals surface area (Å²) in [5, 5.41) is 16.2. The molecule has 118 valence electrons. The molecule has 4 nitrogen and oxygen atoms in total. The second-order valence-corrected chi connectivity index (χ2v) is 8.28. The molecule has 6 heteroatoms. The average Bonchev–Trinajstić information content (AvgIpc) is 2.72. The molecule has 22 heavy (non-hydrogen) atoms. The lowest BCUT2D eigenvalue weighted by molar-refractivity contribution is -0.121. The van der Waals surface area contributed by atoms with Gasteiger partial charge in [0.25, 0.3) is 0 Å². The van der Waals surface area contributed by atoms with Crippen LogP contribution in [0.4, 0.5) is 5.00 Å². The highest BCUT2D eigenvalue weighted by Gasteiger charge is 2.22. The van der Waals surface area contributed by atoms with E-state index in [1.165, 1.54) is 11.3 Å². The molecule has 0 radical (unpaired) electrons. The van der Waals surface area contributed by atoms with Gasteiger partial charge in [-0.15, -0.1) is 11.3 Å². The van der Waals surface area contributed by atoms with E-state index in [9.17, 15) is 10.1 Å². The van der Waals surface area contributed by atoms with Crippen LogP contribution < -0.4 is 10.6 Å². The number of thiocarbonyl (C=S) groups is 1. The zero-order chi connectivity index (χ0) is 16.3. The maximum atomic E-state index is 11.9. The van der Waals surface area contributed by atoms with Crippen LogP contribution in [0.1, 0.15) is 56.0 Å². The van der Waals surface area contributed by atoms with Crippen molar-refractivity contribution >= 4 is 39.6 Å². The van der Waals surface area contributed by atoms with E-state index in [1.54, 1.807) is 11.3 Å². The van der Waals surface area contributed by atoms with Crippen LogP contribution in [0.2, 0.25) is 0 Å². The van der Waals surface area contributed by atoms with Crippen molar-refractivity contribution in [1.82, 2.24) is 5.32 Å². The van der Waals surface area contributed by atoms with Gasteiger partial charge in [-0.3, -0.25) is 4.79 Å². The Morgan fingerprint density at radius 3 is 2.68 bits per heavy atom. The summed E-state index contributed by atoms with van der Waals surface area (Å²) in [5.74, 6) is -0.107. The second-order valence-electron chi connectivity index (χ2n) is 6.77. The molecule has 0 unspecified atom stereocenters. The van der Waals surface area contributed by atoms with Gasteiger partial charge in [-0.2, -0.15) is 5.26 Å². The summed E-state index contributed by atoms with van der Waals surface area (Å²) in [4.78, 5) is 13.2. The van der Waals surface area contributed by atoms with Crippen LogP contribution >= 0.6 is 23.6 Å². The SMILES string of the molecule is CC(C)(C)CC(=O)NC(=S)Nc1sc2c(c1C#N)CCCC2. The van der Waals surface area contributed by atoms with E-state index in [0.717, 1.165) is 29.8 Å². The molecule has 0 aliphatic heterocycles. The predicted molar refractivity (Wildman–Crippen MR) is 94.1 cm³/mol. The first-order valence-corrected chi connectivity index (χ1v) is 8.68. The van der Waals surface area contributed by atoms with E-state index in [4.69, 9.17) is 12.2 Å². The number of amides is 1. The minimum atomic E-state index is -0.107. The van der Waals surface area contributed by atoms with E-state index < -0.39 is 0 Å². The summed E-state index contributed by atoms with van der Waals surface area (Å²) >= 11 is 6.79. The molecule has 1 heterocycles. The van der Waals surface area contributed by atoms with Crippen LogP contribution in [-0.2, 0) is 17.6 Å². The van der Waals surface area contributed by atoms with E-state index >= 15 is 0 Å². The Kier molecular flexibility index (Phi) is 5.20. The molecule has 1 amide bonds. The predicted octanol–water partition coefficient (Wildman–Crippen LogP) is 3.75. The van der Waals surface area contributed by atoms with Crippen LogP contribution in [0.3, 0.4) is 0 Å². The number of thiophene rings is 1. The molecule has 0 fully saturated rings. The molecule has 0 saturated heterocycles. The Bertz CT molecular complexity index is 635. The first kappa shape index (κ1) is 16.9. The summed E-state index contributed by atoms with van der Waals surface area (Å²) in [7, 11) is 0. The third-order valence-corrected chi connectivity index (χ3v) is 4.87. The quantitative estimate of drug-likeness (QED) is 0.808. The Labute approximate surface area is 140 Å². The highest BCUT2D eigenvalue weighted by molar-refractivity contribution is 7.80. The maximum Gasteiger partial charge on any atom is 0.226 e. The fraction of sp³-hybridized carbons (Fsp3) is 0.562. The third-order valence-electron chi connectivity index (χ3n) is 3.45.